The lowest BCUT2D eigenvalue weighted by Crippen LogP contribution is -2.54. The molecule has 22 heavy (non-hydrogen) atoms. The van der Waals surface area contributed by atoms with Crippen molar-refractivity contribution in [2.45, 2.75) is 26.3 Å². The molecule has 0 aliphatic carbocycles. The summed E-state index contributed by atoms with van der Waals surface area (Å²) >= 11 is 0. The highest BCUT2D eigenvalue weighted by molar-refractivity contribution is 5.93. The highest BCUT2D eigenvalue weighted by atomic mass is 16.2. The van der Waals surface area contributed by atoms with Gasteiger partial charge in [-0.05, 0) is 29.5 Å². The molecule has 1 fully saturated rings. The molecule has 1 aliphatic rings. The summed E-state index contributed by atoms with van der Waals surface area (Å²) in [6.07, 6.45) is 0.852. The largest absolute Gasteiger partial charge is 0.351 e. The van der Waals surface area contributed by atoms with E-state index in [4.69, 9.17) is 5.73 Å². The minimum Gasteiger partial charge on any atom is -0.351 e. The zero-order valence-electron chi connectivity index (χ0n) is 13.2. The Morgan fingerprint density at radius 3 is 2.64 bits per heavy atom. The van der Waals surface area contributed by atoms with Crippen molar-refractivity contribution >= 4 is 5.91 Å². The number of benzene rings is 1. The zero-order chi connectivity index (χ0) is 15.7. The van der Waals surface area contributed by atoms with Crippen molar-refractivity contribution in [1.29, 1.82) is 0 Å². The minimum absolute atomic E-state index is 0.0389. The van der Waals surface area contributed by atoms with E-state index in [1.807, 2.05) is 47.4 Å². The first-order valence-corrected chi connectivity index (χ1v) is 7.77. The number of rotatable bonds is 2. The molecule has 2 heterocycles. The number of aromatic nitrogens is 1. The second kappa shape index (κ2) is 5.61. The van der Waals surface area contributed by atoms with E-state index in [-0.39, 0.29) is 17.4 Å². The van der Waals surface area contributed by atoms with Crippen LogP contribution in [0.3, 0.4) is 0 Å². The average molecular weight is 297 g/mol. The van der Waals surface area contributed by atoms with E-state index in [9.17, 15) is 4.79 Å². The normalized spacial score (nSPS) is 20.9. The van der Waals surface area contributed by atoms with Gasteiger partial charge in [-0.15, -0.1) is 0 Å². The van der Waals surface area contributed by atoms with Crippen LogP contribution in [0.15, 0.2) is 42.5 Å². The number of carbonyl (C=O) groups is 1. The number of amides is 1. The first-order valence-electron chi connectivity index (χ1n) is 7.77. The summed E-state index contributed by atoms with van der Waals surface area (Å²) in [6.45, 7) is 5.68. The quantitative estimate of drug-likeness (QED) is 0.895. The molecule has 3 N–H and O–H groups in total. The summed E-state index contributed by atoms with van der Waals surface area (Å²) in [5.41, 5.74) is 8.81. The molecule has 1 saturated heterocycles. The second-order valence-electron chi connectivity index (χ2n) is 6.76. The van der Waals surface area contributed by atoms with Gasteiger partial charge < -0.3 is 15.6 Å². The number of carbonyl (C=O) groups excluding carboxylic acids is 1. The number of nitrogens with zero attached hydrogens (tertiary/aromatic N) is 1. The molecule has 1 unspecified atom stereocenters. The van der Waals surface area contributed by atoms with Crippen LogP contribution in [0, 0.1) is 5.41 Å². The molecular weight excluding hydrogens is 274 g/mol. The monoisotopic (exact) mass is 297 g/mol. The Kier molecular flexibility index (Phi) is 3.79. The molecule has 1 aliphatic heterocycles. The average Bonchev–Trinajstić information content (AvgIpc) is 3.00. The summed E-state index contributed by atoms with van der Waals surface area (Å²) < 4.78 is 0. The maximum Gasteiger partial charge on any atom is 0.270 e. The van der Waals surface area contributed by atoms with Gasteiger partial charge in [0.25, 0.3) is 5.91 Å². The molecule has 1 aromatic carbocycles. The molecule has 0 radical (unpaired) electrons. The van der Waals surface area contributed by atoms with Gasteiger partial charge in [0.15, 0.2) is 0 Å². The van der Waals surface area contributed by atoms with Crippen LogP contribution in [0.5, 0.6) is 0 Å². The predicted molar refractivity (Wildman–Crippen MR) is 88.5 cm³/mol. The van der Waals surface area contributed by atoms with Crippen molar-refractivity contribution in [1.82, 2.24) is 9.88 Å². The molecule has 0 saturated carbocycles. The van der Waals surface area contributed by atoms with Crippen LogP contribution < -0.4 is 5.73 Å². The van der Waals surface area contributed by atoms with Crippen molar-refractivity contribution in [3.8, 4) is 11.3 Å². The third kappa shape index (κ3) is 2.79. The van der Waals surface area contributed by atoms with Gasteiger partial charge in [-0.2, -0.15) is 0 Å². The number of likely N-dealkylation sites (tertiary alicyclic amines) is 1. The van der Waals surface area contributed by atoms with Gasteiger partial charge in [-0.3, -0.25) is 4.79 Å². The Labute approximate surface area is 131 Å². The first kappa shape index (κ1) is 14.9. The van der Waals surface area contributed by atoms with Gasteiger partial charge in [0.1, 0.15) is 5.69 Å². The number of hydrogen-bond acceptors (Lipinski definition) is 2. The van der Waals surface area contributed by atoms with Gasteiger partial charge >= 0.3 is 0 Å². The van der Waals surface area contributed by atoms with Crippen molar-refractivity contribution in [3.05, 3.63) is 48.2 Å². The van der Waals surface area contributed by atoms with Crippen LogP contribution >= 0.6 is 0 Å². The van der Waals surface area contributed by atoms with Crippen molar-refractivity contribution in [3.63, 3.8) is 0 Å². The number of aromatic amines is 1. The molecule has 2 aromatic rings. The molecule has 1 aromatic heterocycles. The van der Waals surface area contributed by atoms with Crippen molar-refractivity contribution < 1.29 is 4.79 Å². The van der Waals surface area contributed by atoms with E-state index < -0.39 is 0 Å². The maximum absolute atomic E-state index is 12.7. The summed E-state index contributed by atoms with van der Waals surface area (Å²) in [7, 11) is 0. The van der Waals surface area contributed by atoms with Crippen LogP contribution in [-0.2, 0) is 0 Å². The Bertz CT molecular complexity index is 660. The fourth-order valence-electron chi connectivity index (χ4n) is 3.02. The van der Waals surface area contributed by atoms with E-state index in [0.29, 0.717) is 12.2 Å². The van der Waals surface area contributed by atoms with E-state index in [1.165, 1.54) is 0 Å². The lowest BCUT2D eigenvalue weighted by Gasteiger charge is -2.42. The van der Waals surface area contributed by atoms with E-state index in [2.05, 4.69) is 18.8 Å². The Hall–Kier alpha value is -2.07. The predicted octanol–water partition coefficient (Wildman–Crippen LogP) is 2.88. The van der Waals surface area contributed by atoms with Crippen LogP contribution in [0.1, 0.15) is 30.8 Å². The molecule has 0 spiro atoms. The van der Waals surface area contributed by atoms with Gasteiger partial charge in [0.2, 0.25) is 0 Å². The number of nitrogens with one attached hydrogen (secondary N) is 1. The number of H-pyrrole nitrogens is 1. The Morgan fingerprint density at radius 2 is 1.95 bits per heavy atom. The lowest BCUT2D eigenvalue weighted by atomic mass is 9.79. The van der Waals surface area contributed by atoms with Crippen LogP contribution in [-0.4, -0.2) is 34.9 Å². The van der Waals surface area contributed by atoms with Crippen molar-refractivity contribution in [2.75, 3.05) is 13.1 Å². The fourth-order valence-corrected chi connectivity index (χ4v) is 3.02. The SMILES string of the molecule is CC1(C)CN(C(=O)c2ccc(-c3ccccc3)[nH]2)CCC1N. The Morgan fingerprint density at radius 1 is 1.23 bits per heavy atom. The van der Waals surface area contributed by atoms with E-state index >= 15 is 0 Å². The van der Waals surface area contributed by atoms with E-state index in [1.54, 1.807) is 0 Å². The molecule has 4 nitrogen and oxygen atoms in total. The fraction of sp³-hybridized carbons (Fsp3) is 0.389. The third-order valence-electron chi connectivity index (χ3n) is 4.60. The standard InChI is InChI=1S/C18H23N3O/c1-18(2)12-21(11-10-16(18)19)17(22)15-9-8-14(20-15)13-6-4-3-5-7-13/h3-9,16,20H,10-12,19H2,1-2H3. The molecule has 1 atom stereocenters. The highest BCUT2D eigenvalue weighted by Gasteiger charge is 2.35. The van der Waals surface area contributed by atoms with Gasteiger partial charge in [0, 0.05) is 24.8 Å². The molecule has 116 valence electrons. The summed E-state index contributed by atoms with van der Waals surface area (Å²) in [5, 5.41) is 0. The molecule has 3 rings (SSSR count). The smallest absolute Gasteiger partial charge is 0.270 e. The van der Waals surface area contributed by atoms with Crippen LogP contribution in [0.2, 0.25) is 0 Å². The second-order valence-corrected chi connectivity index (χ2v) is 6.76. The van der Waals surface area contributed by atoms with Gasteiger partial charge in [-0.1, -0.05) is 44.2 Å². The zero-order valence-corrected chi connectivity index (χ0v) is 13.2. The summed E-state index contributed by atoms with van der Waals surface area (Å²) in [4.78, 5) is 17.8. The van der Waals surface area contributed by atoms with Gasteiger partial charge in [-0.25, -0.2) is 0 Å². The first-order chi connectivity index (χ1) is 10.5. The number of nitrogens with two attached hydrogens (primary N) is 1. The van der Waals surface area contributed by atoms with Crippen molar-refractivity contribution in [2.24, 2.45) is 11.1 Å². The lowest BCUT2D eigenvalue weighted by molar-refractivity contribution is 0.0528. The van der Waals surface area contributed by atoms with Gasteiger partial charge in [0.05, 0.1) is 0 Å². The van der Waals surface area contributed by atoms with E-state index in [0.717, 1.165) is 24.2 Å². The summed E-state index contributed by atoms with van der Waals surface area (Å²) in [5.74, 6) is 0.0576. The molecule has 0 bridgehead atoms. The number of hydrogen-bond donors (Lipinski definition) is 2. The molecule has 4 heteroatoms. The van der Waals surface area contributed by atoms with Crippen LogP contribution in [0.4, 0.5) is 0 Å². The molecular formula is C18H23N3O. The number of piperidine rings is 1. The topological polar surface area (TPSA) is 62.1 Å². The Balaban J connectivity index is 1.78. The summed E-state index contributed by atoms with van der Waals surface area (Å²) in [6, 6.07) is 14.0. The maximum atomic E-state index is 12.7. The highest BCUT2D eigenvalue weighted by Crippen LogP contribution is 2.29. The van der Waals surface area contributed by atoms with Crippen LogP contribution in [0.25, 0.3) is 11.3 Å². The minimum atomic E-state index is -0.0389. The molecule has 1 amide bonds. The third-order valence-corrected chi connectivity index (χ3v) is 4.60.